The molecule has 0 unspecified atom stereocenters. The zero-order valence-electron chi connectivity index (χ0n) is 1.79. The topological polar surface area (TPSA) is 0 Å². The molecule has 0 spiro atoms. The van der Waals surface area contributed by atoms with Crippen LogP contribution in [-0.4, -0.2) is 0 Å². The van der Waals surface area contributed by atoms with Gasteiger partial charge in [-0.05, 0) is 0 Å². The van der Waals surface area contributed by atoms with Crippen molar-refractivity contribution in [2.24, 2.45) is 0 Å². The van der Waals surface area contributed by atoms with E-state index in [9.17, 15) is 0 Å². The van der Waals surface area contributed by atoms with Crippen LogP contribution in [0.1, 0.15) is 0 Å². The van der Waals surface area contributed by atoms with Crippen molar-refractivity contribution in [3.05, 3.63) is 0 Å². The summed E-state index contributed by atoms with van der Waals surface area (Å²) in [6.45, 7) is 0. The third-order valence-electron chi connectivity index (χ3n) is 0. The first-order chi connectivity index (χ1) is 1.00. The molecule has 0 aliphatic rings. The molecule has 0 amide bonds. The van der Waals surface area contributed by atoms with Crippen LogP contribution in [0.5, 0.6) is 0 Å². The summed E-state index contributed by atoms with van der Waals surface area (Å²) in [7, 11) is 0. The Morgan fingerprint density at radius 2 is 1.25 bits per heavy atom. The van der Waals surface area contributed by atoms with Crippen LogP contribution in [0.4, 0.5) is 0 Å². The first-order valence-electron chi connectivity index (χ1n) is 0.189. The van der Waals surface area contributed by atoms with Gasteiger partial charge in [-0.1, -0.05) is 0 Å². The van der Waals surface area contributed by atoms with Crippen LogP contribution in [0.25, 0.3) is 0 Å². The van der Waals surface area contributed by atoms with E-state index in [-0.39, 0.29) is 74.2 Å². The zero-order valence-corrected chi connectivity index (χ0v) is 11.4. The average Bonchev–Trinajstić information content (AvgIpc) is 1.00. The van der Waals surface area contributed by atoms with Crippen molar-refractivity contribution in [3.63, 3.8) is 0 Å². The van der Waals surface area contributed by atoms with Crippen molar-refractivity contribution in [1.29, 1.82) is 0 Å². The van der Waals surface area contributed by atoms with E-state index in [0.29, 0.717) is 0 Å². The first kappa shape index (κ1) is 15.7. The Hall–Kier alpha value is 4.15. The van der Waals surface area contributed by atoms with Crippen LogP contribution in [-0.2, 0) is 0 Å². The van der Waals surface area contributed by atoms with Crippen molar-refractivity contribution in [3.8, 4) is 0 Å². The Morgan fingerprint density at radius 3 is 1.25 bits per heavy atom. The van der Waals surface area contributed by atoms with Gasteiger partial charge in [-0.25, -0.2) is 0 Å². The maximum Gasteiger partial charge on any atom is 0 e. The van der Waals surface area contributed by atoms with Crippen LogP contribution in [0.2, 0.25) is 0 Å². The van der Waals surface area contributed by atoms with Crippen molar-refractivity contribution in [2.45, 2.75) is 0 Å². The molecule has 0 heterocycles. The number of hydrogen-bond acceptors (Lipinski definition) is 0. The molecule has 0 aromatic carbocycles. The van der Waals surface area contributed by atoms with E-state index in [4.69, 9.17) is 5.63 Å². The summed E-state index contributed by atoms with van der Waals surface area (Å²) in [5.74, 6) is 0. The maximum absolute atomic E-state index is 4.78. The standard InChI is InChI=1S/Ce.ClH.La.Tb/h;1H;;/q+1;;;/p-1. The third kappa shape index (κ3) is 9.47. The Labute approximate surface area is 114 Å². The summed E-state index contributed by atoms with van der Waals surface area (Å²) in [6, 6.07) is 0. The second-order valence-electron chi connectivity index (χ2n) is 0. The molecule has 0 N–H and O–H groups in total. The molecule has 0 aliphatic heterocycles. The molecule has 0 bridgehead atoms. The van der Waals surface area contributed by atoms with Gasteiger partial charge in [0.1, 0.15) is 0 Å². The minimum atomic E-state index is 0. The molecule has 0 saturated heterocycles. The fourth-order valence-corrected chi connectivity index (χ4v) is 0. The van der Waals surface area contributed by atoms with Gasteiger partial charge in [-0.3, -0.25) is 0 Å². The van der Waals surface area contributed by atoms with Gasteiger partial charge >= 0.3 is 43.7 Å². The number of halogens is 1. The van der Waals surface area contributed by atoms with Gasteiger partial charge in [0.2, 0.25) is 0 Å². The van der Waals surface area contributed by atoms with E-state index in [1.807, 2.05) is 0 Å². The Kier molecular flexibility index (Phi) is 61.7. The van der Waals surface area contributed by atoms with Crippen LogP contribution in [0, 0.1) is 112 Å². The quantitative estimate of drug-likeness (QED) is 0.486. The van der Waals surface area contributed by atoms with Crippen molar-refractivity contribution in [1.82, 2.24) is 0 Å². The second-order valence-corrected chi connectivity index (χ2v) is 0. The van der Waals surface area contributed by atoms with E-state index < -0.39 is 0 Å². The fraction of sp³-hybridized carbons (Fsp3) is 0. The molecular weight excluding hydrogens is 473 g/mol. The second kappa shape index (κ2) is 15.7. The largest absolute Gasteiger partial charge is 0 e. The number of rotatable bonds is 0. The van der Waals surface area contributed by atoms with Crippen LogP contribution in [0.15, 0.2) is 0 Å². The Morgan fingerprint density at radius 1 is 1.25 bits per heavy atom. The van der Waals surface area contributed by atoms with Gasteiger partial charge in [0.25, 0.3) is 0 Å². The molecule has 0 rings (SSSR count). The molecule has 0 saturated carbocycles. The Balaban J connectivity index is -0.00000000500. The summed E-state index contributed by atoms with van der Waals surface area (Å²) in [4.78, 5) is 0. The maximum atomic E-state index is 4.78. The van der Waals surface area contributed by atoms with Crippen LogP contribution in [0.3, 0.4) is 0 Å². The summed E-state index contributed by atoms with van der Waals surface area (Å²) in [6.07, 6.45) is 0. The molecule has 0 aromatic rings. The van der Waals surface area contributed by atoms with Crippen LogP contribution < -0.4 is 0 Å². The van der Waals surface area contributed by atoms with Gasteiger partial charge < -0.3 is 0 Å². The number of hydrogen-bond donors (Lipinski definition) is 0. The summed E-state index contributed by atoms with van der Waals surface area (Å²) >= 11 is 0.778. The molecule has 0 aromatic heterocycles. The fourth-order valence-electron chi connectivity index (χ4n) is 0. The molecular formula is CeClLaTb. The van der Waals surface area contributed by atoms with Crippen molar-refractivity contribution in [2.75, 3.05) is 0 Å². The van der Waals surface area contributed by atoms with Gasteiger partial charge in [-0.2, -0.15) is 0 Å². The molecule has 0 atom stereocenters. The van der Waals surface area contributed by atoms with Crippen molar-refractivity contribution >= 4 is 5.63 Å². The molecule has 4 heavy (non-hydrogen) atoms. The monoisotopic (exact) mass is 473 g/mol. The summed E-state index contributed by atoms with van der Waals surface area (Å²) in [5.41, 5.74) is 4.78. The van der Waals surface area contributed by atoms with E-state index in [0.717, 1.165) is 38.1 Å². The summed E-state index contributed by atoms with van der Waals surface area (Å²) < 4.78 is 0. The zero-order chi connectivity index (χ0) is 2.00. The van der Waals surface area contributed by atoms with Crippen molar-refractivity contribution < 1.29 is 112 Å². The minimum Gasteiger partial charge on any atom is 0 e. The van der Waals surface area contributed by atoms with Gasteiger partial charge in [0, 0.05) is 74.2 Å². The van der Waals surface area contributed by atoms with E-state index in [2.05, 4.69) is 0 Å². The smallest absolute Gasteiger partial charge is 0 e. The summed E-state index contributed by atoms with van der Waals surface area (Å²) in [5, 5.41) is 0. The van der Waals surface area contributed by atoms with Crippen LogP contribution >= 0.6 is 5.63 Å². The molecule has 0 nitrogen and oxygen atoms in total. The van der Waals surface area contributed by atoms with E-state index in [1.165, 1.54) is 0 Å². The molecule has 0 fully saturated rings. The SMILES string of the molecule is [Cl][Ce].[La].[Tb]. The normalized spacial score (nSPS) is 1.00. The predicted octanol–water partition coefficient (Wildman–Crippen LogP) is 0.690. The van der Waals surface area contributed by atoms with Gasteiger partial charge in [-0.15, -0.1) is 0 Å². The van der Waals surface area contributed by atoms with Gasteiger partial charge in [0.05, 0.1) is 0 Å². The average molecular weight is 473 g/mol. The molecule has 23 valence electrons. The predicted molar refractivity (Wildman–Crippen MR) is 5.85 cm³/mol. The molecule has 0 aliphatic carbocycles. The first-order valence-corrected chi connectivity index (χ1v) is 4.13. The third-order valence-corrected chi connectivity index (χ3v) is 0. The van der Waals surface area contributed by atoms with E-state index in [1.54, 1.807) is 0 Å². The van der Waals surface area contributed by atoms with E-state index >= 15 is 0 Å². The molecule has 2 radical (unpaired) electrons. The molecule has 4 heteroatoms. The minimum absolute atomic E-state index is 0. The van der Waals surface area contributed by atoms with Gasteiger partial charge in [0.15, 0.2) is 0 Å². The Bertz CT molecular complexity index is 8.00.